The molecule has 0 bridgehead atoms. The normalized spacial score (nSPS) is 13.0. The molecule has 0 radical (unpaired) electrons. The third-order valence-electron chi connectivity index (χ3n) is 3.49. The van der Waals surface area contributed by atoms with E-state index in [2.05, 4.69) is 21.0 Å². The Bertz CT molecular complexity index is 922. The molecule has 164 valence electrons. The van der Waals surface area contributed by atoms with Crippen LogP contribution in [-0.4, -0.2) is 24.4 Å². The predicted octanol–water partition coefficient (Wildman–Crippen LogP) is 7.05. The first-order chi connectivity index (χ1) is 13.7. The van der Waals surface area contributed by atoms with E-state index in [0.717, 1.165) is 0 Å². The molecule has 0 unspecified atom stereocenters. The lowest BCUT2D eigenvalue weighted by molar-refractivity contribution is -0.361. The summed E-state index contributed by atoms with van der Waals surface area (Å²) in [7, 11) is 0. The Hall–Kier alpha value is -1.72. The summed E-state index contributed by atoms with van der Waals surface area (Å²) in [6, 6.07) is 3.41. The quantitative estimate of drug-likeness (QED) is 0.176. The molecule has 13 heteroatoms. The molecule has 0 fully saturated rings. The van der Waals surface area contributed by atoms with Crippen LogP contribution in [0.2, 0.25) is 10.0 Å². The van der Waals surface area contributed by atoms with Crippen molar-refractivity contribution in [3.05, 3.63) is 62.0 Å². The van der Waals surface area contributed by atoms with Gasteiger partial charge in [0.05, 0.1) is 10.7 Å². The van der Waals surface area contributed by atoms with Crippen LogP contribution >= 0.6 is 39.1 Å². The third kappa shape index (κ3) is 5.70. The smallest absolute Gasteiger partial charge is 0.462 e. The van der Waals surface area contributed by atoms with Crippen molar-refractivity contribution < 1.29 is 35.5 Å². The van der Waals surface area contributed by atoms with E-state index in [1.807, 2.05) is 0 Å². The van der Waals surface area contributed by atoms with Gasteiger partial charge in [0.25, 0.3) is 0 Å². The minimum Gasteiger partial charge on any atom is -0.487 e. The zero-order chi connectivity index (χ0) is 22.7. The number of nitrogens with zero attached hydrogens (tertiary/aromatic N) is 1. The van der Waals surface area contributed by atoms with Gasteiger partial charge in [-0.1, -0.05) is 35.3 Å². The van der Waals surface area contributed by atoms with Crippen LogP contribution in [-0.2, 0) is 6.61 Å². The van der Waals surface area contributed by atoms with E-state index in [1.165, 1.54) is 12.1 Å². The van der Waals surface area contributed by atoms with Crippen molar-refractivity contribution in [3.8, 4) is 5.75 Å². The number of benzene rings is 2. The van der Waals surface area contributed by atoms with Crippen LogP contribution in [0.15, 0.2) is 46.0 Å². The largest absolute Gasteiger partial charge is 0.487 e. The lowest BCUT2D eigenvalue weighted by Gasteiger charge is -2.27. The number of hydrogen-bond donors (Lipinski definition) is 1. The van der Waals surface area contributed by atoms with Crippen LogP contribution < -0.4 is 10.2 Å². The molecule has 2 aromatic carbocycles. The summed E-state index contributed by atoms with van der Waals surface area (Å²) in [6.07, 6.45) is -5.90. The molecule has 0 aromatic heterocycles. The molecule has 0 atom stereocenters. The zero-order valence-electron chi connectivity index (χ0n) is 14.4. The van der Waals surface area contributed by atoms with Crippen molar-refractivity contribution in [2.45, 2.75) is 24.8 Å². The van der Waals surface area contributed by atoms with Gasteiger partial charge >= 0.3 is 18.1 Å². The topological polar surface area (TPSA) is 33.6 Å². The second kappa shape index (κ2) is 9.19. The maximum Gasteiger partial charge on any atom is 0.462 e. The molecule has 1 N–H and O–H groups in total. The minimum atomic E-state index is -6.48. The first-order valence-electron chi connectivity index (χ1n) is 7.73. The van der Waals surface area contributed by atoms with Crippen LogP contribution in [0.4, 0.5) is 30.7 Å². The van der Waals surface area contributed by atoms with Gasteiger partial charge in [-0.3, -0.25) is 0 Å². The maximum atomic E-state index is 13.3. The molecule has 0 saturated heterocycles. The van der Waals surface area contributed by atoms with Gasteiger partial charge in [-0.15, -0.1) is 0 Å². The molecule has 2 aromatic rings. The molecule has 0 saturated carbocycles. The number of nitrogens with one attached hydrogen (secondary N) is 1. The zero-order valence-corrected chi connectivity index (χ0v) is 17.5. The van der Waals surface area contributed by atoms with Gasteiger partial charge in [-0.05, 0) is 45.8 Å². The van der Waals surface area contributed by atoms with Gasteiger partial charge in [0, 0.05) is 15.6 Å². The molecule has 2 rings (SSSR count). The SMILES string of the molecule is FC(F)(F)C(F)(F)C(F)(F)N/N=C\c1cc(Cl)cc(Br)c1OCc1ccc(Cl)cc1. The minimum absolute atomic E-state index is 0.00598. The first kappa shape index (κ1) is 24.5. The summed E-state index contributed by atoms with van der Waals surface area (Å²) in [5, 5.41) is 3.40. The standard InChI is InChI=1S/C17H10BrCl2F7N2O/c18-13-6-12(20)5-10(14(13)30-8-9-1-3-11(19)4-2-9)7-28-29-17(26,27)15(21,22)16(23,24)25/h1-7,29H,8H2/b28-7-. The predicted molar refractivity (Wildman–Crippen MR) is 102 cm³/mol. The van der Waals surface area contributed by atoms with Crippen molar-refractivity contribution in [2.75, 3.05) is 0 Å². The lowest BCUT2D eigenvalue weighted by Crippen LogP contribution is -2.58. The Labute approximate surface area is 183 Å². The number of halogens is 10. The Balaban J connectivity index is 2.23. The van der Waals surface area contributed by atoms with E-state index >= 15 is 0 Å². The third-order valence-corrected chi connectivity index (χ3v) is 4.55. The highest BCUT2D eigenvalue weighted by Crippen LogP contribution is 2.45. The molecule has 30 heavy (non-hydrogen) atoms. The van der Waals surface area contributed by atoms with Gasteiger partial charge in [-0.25, -0.2) is 5.43 Å². The van der Waals surface area contributed by atoms with Gasteiger partial charge in [0.15, 0.2) is 0 Å². The second-order valence-corrected chi connectivity index (χ2v) is 7.46. The van der Waals surface area contributed by atoms with E-state index in [4.69, 9.17) is 27.9 Å². The molecule has 0 aliphatic carbocycles. The number of alkyl halides is 7. The van der Waals surface area contributed by atoms with Gasteiger partial charge < -0.3 is 4.74 Å². The average Bonchev–Trinajstić information content (AvgIpc) is 2.61. The van der Waals surface area contributed by atoms with Crippen molar-refractivity contribution in [1.82, 2.24) is 5.43 Å². The Kier molecular flexibility index (Phi) is 7.52. The highest BCUT2D eigenvalue weighted by atomic mass is 79.9. The Morgan fingerprint density at radius 2 is 1.57 bits per heavy atom. The summed E-state index contributed by atoms with van der Waals surface area (Å²) in [4.78, 5) is 0. The maximum absolute atomic E-state index is 13.3. The van der Waals surface area contributed by atoms with Crippen LogP contribution in [0.25, 0.3) is 0 Å². The Morgan fingerprint density at radius 3 is 2.13 bits per heavy atom. The molecule has 0 heterocycles. The van der Waals surface area contributed by atoms with E-state index in [0.29, 0.717) is 22.2 Å². The highest BCUT2D eigenvalue weighted by Gasteiger charge is 2.73. The number of rotatable bonds is 7. The summed E-state index contributed by atoms with van der Waals surface area (Å²) in [5.41, 5.74) is 1.15. The van der Waals surface area contributed by atoms with Crippen molar-refractivity contribution in [1.29, 1.82) is 0 Å². The highest BCUT2D eigenvalue weighted by molar-refractivity contribution is 9.10. The Morgan fingerprint density at radius 1 is 0.967 bits per heavy atom. The molecular weight excluding hydrogens is 532 g/mol. The fourth-order valence-electron chi connectivity index (χ4n) is 2.00. The number of hydrogen-bond acceptors (Lipinski definition) is 3. The molecule has 0 amide bonds. The molecular formula is C17H10BrCl2F7N2O. The molecule has 3 nitrogen and oxygen atoms in total. The van der Waals surface area contributed by atoms with E-state index in [-0.39, 0.29) is 27.4 Å². The summed E-state index contributed by atoms with van der Waals surface area (Å²) < 4.78 is 94.7. The van der Waals surface area contributed by atoms with Crippen molar-refractivity contribution in [3.63, 3.8) is 0 Å². The van der Waals surface area contributed by atoms with E-state index in [1.54, 1.807) is 24.3 Å². The second-order valence-electron chi connectivity index (χ2n) is 5.74. The van der Waals surface area contributed by atoms with E-state index < -0.39 is 18.1 Å². The van der Waals surface area contributed by atoms with Crippen LogP contribution in [0, 0.1) is 0 Å². The monoisotopic (exact) mass is 540 g/mol. The van der Waals surface area contributed by atoms with Crippen LogP contribution in [0.5, 0.6) is 5.75 Å². The molecule has 0 aliphatic heterocycles. The molecule has 0 spiro atoms. The first-order valence-corrected chi connectivity index (χ1v) is 9.28. The van der Waals surface area contributed by atoms with Crippen molar-refractivity contribution in [2.24, 2.45) is 5.10 Å². The summed E-state index contributed by atoms with van der Waals surface area (Å²) in [5.74, 6) is -6.31. The van der Waals surface area contributed by atoms with Gasteiger partial charge in [-0.2, -0.15) is 35.8 Å². The van der Waals surface area contributed by atoms with Gasteiger partial charge in [0.1, 0.15) is 12.4 Å². The molecule has 0 aliphatic rings. The summed E-state index contributed by atoms with van der Waals surface area (Å²) in [6.45, 7) is -0.00598. The van der Waals surface area contributed by atoms with E-state index in [9.17, 15) is 30.7 Å². The lowest BCUT2D eigenvalue weighted by atomic mass is 10.2. The fraction of sp³-hybridized carbons (Fsp3) is 0.235. The number of hydrazone groups is 1. The van der Waals surface area contributed by atoms with Crippen LogP contribution in [0.1, 0.15) is 11.1 Å². The fourth-order valence-corrected chi connectivity index (χ4v) is 3.07. The van der Waals surface area contributed by atoms with Crippen molar-refractivity contribution >= 4 is 45.3 Å². The summed E-state index contributed by atoms with van der Waals surface area (Å²) >= 11 is 14.8. The number of ether oxygens (including phenoxy) is 1. The average molecular weight is 542 g/mol. The van der Waals surface area contributed by atoms with Crippen LogP contribution in [0.3, 0.4) is 0 Å². The van der Waals surface area contributed by atoms with Gasteiger partial charge in [0.2, 0.25) is 0 Å².